The molecule has 2 amide bonds. The molecule has 0 aliphatic carbocycles. The third-order valence-corrected chi connectivity index (χ3v) is 5.94. The third-order valence-electron chi connectivity index (χ3n) is 5.68. The standard InChI is InChI=1S/C25H28ClN5O2/c1-18(2)24(32)27-23-16-22(28-31(23)21-6-4-3-5-7-21)25(33)30-14-12-29(13-15-30)17-19-8-10-20(26)11-9-19/h3-11,16,18H,12-15,17H2,1-2H3,(H,27,32). The molecule has 0 saturated carbocycles. The minimum atomic E-state index is -0.183. The van der Waals surface area contributed by atoms with Crippen molar-refractivity contribution in [2.24, 2.45) is 5.92 Å². The average Bonchev–Trinajstić information content (AvgIpc) is 3.25. The zero-order valence-electron chi connectivity index (χ0n) is 18.9. The molecular weight excluding hydrogens is 438 g/mol. The summed E-state index contributed by atoms with van der Waals surface area (Å²) in [6, 6.07) is 19.0. The van der Waals surface area contributed by atoms with Crippen molar-refractivity contribution in [3.8, 4) is 5.69 Å². The number of carbonyl (C=O) groups excluding carboxylic acids is 2. The molecular formula is C25H28ClN5O2. The summed E-state index contributed by atoms with van der Waals surface area (Å²) in [5, 5.41) is 8.18. The van der Waals surface area contributed by atoms with Gasteiger partial charge in [0.15, 0.2) is 5.69 Å². The van der Waals surface area contributed by atoms with Crippen LogP contribution in [0.5, 0.6) is 0 Å². The van der Waals surface area contributed by atoms with E-state index in [0.29, 0.717) is 24.6 Å². The summed E-state index contributed by atoms with van der Waals surface area (Å²) in [5.41, 5.74) is 2.30. The highest BCUT2D eigenvalue weighted by atomic mass is 35.5. The molecule has 1 aliphatic rings. The molecule has 2 heterocycles. The van der Waals surface area contributed by atoms with Gasteiger partial charge in [0, 0.05) is 49.7 Å². The second-order valence-electron chi connectivity index (χ2n) is 8.50. The maximum atomic E-state index is 13.2. The van der Waals surface area contributed by atoms with E-state index in [0.717, 1.165) is 30.3 Å². The van der Waals surface area contributed by atoms with Gasteiger partial charge >= 0.3 is 0 Å². The van der Waals surface area contributed by atoms with Gasteiger partial charge in [0.1, 0.15) is 5.82 Å². The monoisotopic (exact) mass is 465 g/mol. The highest BCUT2D eigenvalue weighted by molar-refractivity contribution is 6.30. The summed E-state index contributed by atoms with van der Waals surface area (Å²) < 4.78 is 1.62. The molecule has 1 aromatic heterocycles. The van der Waals surface area contributed by atoms with Crippen LogP contribution >= 0.6 is 11.6 Å². The Morgan fingerprint density at radius 2 is 1.67 bits per heavy atom. The second kappa shape index (κ2) is 10.2. The van der Waals surface area contributed by atoms with Crippen molar-refractivity contribution < 1.29 is 9.59 Å². The number of para-hydroxylation sites is 1. The Kier molecular flexibility index (Phi) is 7.11. The SMILES string of the molecule is CC(C)C(=O)Nc1cc(C(=O)N2CCN(Cc3ccc(Cl)cc3)CC2)nn1-c1ccccc1. The highest BCUT2D eigenvalue weighted by Crippen LogP contribution is 2.20. The van der Waals surface area contributed by atoms with E-state index in [1.54, 1.807) is 10.7 Å². The smallest absolute Gasteiger partial charge is 0.274 e. The number of nitrogens with one attached hydrogen (secondary N) is 1. The molecule has 1 aliphatic heterocycles. The molecule has 4 rings (SSSR count). The maximum absolute atomic E-state index is 13.2. The van der Waals surface area contributed by atoms with Gasteiger partial charge in [-0.05, 0) is 29.8 Å². The van der Waals surface area contributed by atoms with Crippen LogP contribution in [0, 0.1) is 5.92 Å². The molecule has 1 saturated heterocycles. The molecule has 0 unspecified atom stereocenters. The van der Waals surface area contributed by atoms with Gasteiger partial charge in [0.25, 0.3) is 5.91 Å². The number of amides is 2. The van der Waals surface area contributed by atoms with E-state index in [-0.39, 0.29) is 17.7 Å². The van der Waals surface area contributed by atoms with Crippen molar-refractivity contribution in [2.75, 3.05) is 31.5 Å². The van der Waals surface area contributed by atoms with Gasteiger partial charge in [-0.2, -0.15) is 5.10 Å². The van der Waals surface area contributed by atoms with Crippen molar-refractivity contribution >= 4 is 29.2 Å². The number of aromatic nitrogens is 2. The lowest BCUT2D eigenvalue weighted by molar-refractivity contribution is -0.118. The third kappa shape index (κ3) is 5.61. The van der Waals surface area contributed by atoms with Gasteiger partial charge in [-0.3, -0.25) is 14.5 Å². The van der Waals surface area contributed by atoms with Gasteiger partial charge in [0.05, 0.1) is 5.69 Å². The fraction of sp³-hybridized carbons (Fsp3) is 0.320. The van der Waals surface area contributed by atoms with Crippen LogP contribution in [0.15, 0.2) is 60.7 Å². The van der Waals surface area contributed by atoms with Crippen LogP contribution in [-0.4, -0.2) is 57.6 Å². The molecule has 7 nitrogen and oxygen atoms in total. The Morgan fingerprint density at radius 3 is 2.30 bits per heavy atom. The Hall–Kier alpha value is -3.16. The Labute approximate surface area is 198 Å². The topological polar surface area (TPSA) is 70.5 Å². The van der Waals surface area contributed by atoms with Gasteiger partial charge in [0.2, 0.25) is 5.91 Å². The lowest BCUT2D eigenvalue weighted by atomic mass is 10.2. The minimum Gasteiger partial charge on any atom is -0.335 e. The van der Waals surface area contributed by atoms with E-state index in [1.165, 1.54) is 5.56 Å². The molecule has 1 fully saturated rings. The normalized spacial score (nSPS) is 14.5. The second-order valence-corrected chi connectivity index (χ2v) is 8.94. The molecule has 8 heteroatoms. The molecule has 0 radical (unpaired) electrons. The van der Waals surface area contributed by atoms with Gasteiger partial charge in [-0.15, -0.1) is 0 Å². The van der Waals surface area contributed by atoms with E-state index in [4.69, 9.17) is 11.6 Å². The quantitative estimate of drug-likeness (QED) is 0.595. The number of hydrogen-bond donors (Lipinski definition) is 1. The summed E-state index contributed by atoms with van der Waals surface area (Å²) in [5.74, 6) is 0.0550. The van der Waals surface area contributed by atoms with Crippen molar-refractivity contribution in [3.05, 3.63) is 76.9 Å². The van der Waals surface area contributed by atoms with Crippen molar-refractivity contribution in [2.45, 2.75) is 20.4 Å². The van der Waals surface area contributed by atoms with Crippen molar-refractivity contribution in [1.82, 2.24) is 19.6 Å². The van der Waals surface area contributed by atoms with Crippen LogP contribution in [0.1, 0.15) is 29.9 Å². The first-order valence-electron chi connectivity index (χ1n) is 11.1. The highest BCUT2D eigenvalue weighted by Gasteiger charge is 2.26. The van der Waals surface area contributed by atoms with Crippen molar-refractivity contribution in [3.63, 3.8) is 0 Å². The predicted octanol–water partition coefficient (Wildman–Crippen LogP) is 4.08. The molecule has 2 aromatic carbocycles. The lowest BCUT2D eigenvalue weighted by Gasteiger charge is -2.34. The summed E-state index contributed by atoms with van der Waals surface area (Å²) in [6.45, 7) is 7.29. The summed E-state index contributed by atoms with van der Waals surface area (Å²) >= 11 is 5.97. The van der Waals surface area contributed by atoms with E-state index >= 15 is 0 Å². The van der Waals surface area contributed by atoms with Crippen molar-refractivity contribution in [1.29, 1.82) is 0 Å². The minimum absolute atomic E-state index is 0.123. The number of rotatable bonds is 6. The van der Waals surface area contributed by atoms with Crippen LogP contribution in [0.2, 0.25) is 5.02 Å². The fourth-order valence-electron chi connectivity index (χ4n) is 3.73. The predicted molar refractivity (Wildman–Crippen MR) is 130 cm³/mol. The number of hydrogen-bond acceptors (Lipinski definition) is 4. The van der Waals surface area contributed by atoms with E-state index in [9.17, 15) is 9.59 Å². The lowest BCUT2D eigenvalue weighted by Crippen LogP contribution is -2.48. The number of anilines is 1. The van der Waals surface area contributed by atoms with E-state index < -0.39 is 0 Å². The van der Waals surface area contributed by atoms with E-state index in [1.807, 2.05) is 73.3 Å². The number of halogens is 1. The van der Waals surface area contributed by atoms with Crippen LogP contribution < -0.4 is 5.32 Å². The number of piperazine rings is 1. The van der Waals surface area contributed by atoms with Crippen LogP contribution in [-0.2, 0) is 11.3 Å². The van der Waals surface area contributed by atoms with Crippen LogP contribution in [0.25, 0.3) is 5.69 Å². The van der Waals surface area contributed by atoms with Crippen LogP contribution in [0.4, 0.5) is 5.82 Å². The molecule has 0 spiro atoms. The first kappa shape index (κ1) is 23.0. The molecule has 172 valence electrons. The number of nitrogens with zero attached hydrogens (tertiary/aromatic N) is 4. The van der Waals surface area contributed by atoms with Crippen LogP contribution in [0.3, 0.4) is 0 Å². The molecule has 3 aromatic rings. The fourth-order valence-corrected chi connectivity index (χ4v) is 3.86. The van der Waals surface area contributed by atoms with Gasteiger partial charge < -0.3 is 10.2 Å². The Bertz CT molecular complexity index is 1100. The Balaban J connectivity index is 1.46. The summed E-state index contributed by atoms with van der Waals surface area (Å²) in [4.78, 5) is 29.7. The average molecular weight is 466 g/mol. The first-order chi connectivity index (χ1) is 15.9. The number of benzene rings is 2. The zero-order chi connectivity index (χ0) is 23.4. The first-order valence-corrected chi connectivity index (χ1v) is 11.5. The molecule has 0 bridgehead atoms. The maximum Gasteiger partial charge on any atom is 0.274 e. The summed E-state index contributed by atoms with van der Waals surface area (Å²) in [6.07, 6.45) is 0. The van der Waals surface area contributed by atoms with E-state index in [2.05, 4.69) is 15.3 Å². The largest absolute Gasteiger partial charge is 0.335 e. The molecule has 33 heavy (non-hydrogen) atoms. The van der Waals surface area contributed by atoms with Gasteiger partial charge in [-0.25, -0.2) is 4.68 Å². The zero-order valence-corrected chi connectivity index (χ0v) is 19.6. The molecule has 0 atom stereocenters. The summed E-state index contributed by atoms with van der Waals surface area (Å²) in [7, 11) is 0. The van der Waals surface area contributed by atoms with Gasteiger partial charge in [-0.1, -0.05) is 55.8 Å². The number of carbonyl (C=O) groups is 2. The Morgan fingerprint density at radius 1 is 1.00 bits per heavy atom. The molecule has 1 N–H and O–H groups in total.